The van der Waals surface area contributed by atoms with E-state index < -0.39 is 47.2 Å². The second-order valence-electron chi connectivity index (χ2n) is 8.86. The van der Waals surface area contributed by atoms with Gasteiger partial charge in [0, 0.05) is 6.42 Å². The number of carboxylic acids is 1. The number of anilines is 1. The van der Waals surface area contributed by atoms with Crippen LogP contribution in [0.5, 0.6) is 0 Å². The zero-order valence-electron chi connectivity index (χ0n) is 19.4. The number of ether oxygens (including phenoxy) is 1. The van der Waals surface area contributed by atoms with E-state index >= 15 is 0 Å². The molecule has 0 aliphatic carbocycles. The summed E-state index contributed by atoms with van der Waals surface area (Å²) in [4.78, 5) is 53.6. The summed E-state index contributed by atoms with van der Waals surface area (Å²) in [5, 5.41) is 12.5. The molecule has 9 heteroatoms. The number of benzene rings is 2. The number of esters is 1. The Morgan fingerprint density at radius 3 is 2.36 bits per heavy atom. The van der Waals surface area contributed by atoms with Gasteiger partial charge in [-0.05, 0) is 48.9 Å². The Bertz CT molecular complexity index is 1300. The molecule has 0 bridgehead atoms. The predicted molar refractivity (Wildman–Crippen MR) is 127 cm³/mol. The van der Waals surface area contributed by atoms with Gasteiger partial charge in [0.2, 0.25) is 11.8 Å². The van der Waals surface area contributed by atoms with Gasteiger partial charge in [-0.2, -0.15) is 0 Å². The summed E-state index contributed by atoms with van der Waals surface area (Å²) in [5.74, 6) is -4.38. The Labute approximate surface area is 206 Å². The minimum Gasteiger partial charge on any atom is -0.478 e. The maximum Gasteiger partial charge on any atom is 0.335 e. The number of aromatic carboxylic acids is 1. The second kappa shape index (κ2) is 9.09. The van der Waals surface area contributed by atoms with Crippen LogP contribution < -0.4 is 10.2 Å². The van der Waals surface area contributed by atoms with E-state index in [1.807, 2.05) is 30.3 Å². The highest BCUT2D eigenvalue weighted by Gasteiger charge is 2.69. The third kappa shape index (κ3) is 3.68. The summed E-state index contributed by atoms with van der Waals surface area (Å²) in [6.45, 7) is 1.78. The van der Waals surface area contributed by atoms with Gasteiger partial charge in [0.1, 0.15) is 11.3 Å². The Balaban J connectivity index is 1.63. The van der Waals surface area contributed by atoms with Crippen LogP contribution in [-0.4, -0.2) is 41.0 Å². The molecule has 2 amide bonds. The summed E-state index contributed by atoms with van der Waals surface area (Å²) in [5.41, 5.74) is -0.471. The number of hydrogen-bond donors (Lipinski definition) is 2. The van der Waals surface area contributed by atoms with Crippen molar-refractivity contribution in [2.45, 2.75) is 24.9 Å². The molecule has 2 N–H and O–H groups in total. The van der Waals surface area contributed by atoms with E-state index in [1.54, 1.807) is 19.1 Å². The molecule has 0 radical (unpaired) electrons. The van der Waals surface area contributed by atoms with Gasteiger partial charge in [-0.25, -0.2) is 9.69 Å². The zero-order chi connectivity index (χ0) is 25.4. The normalized spacial score (nSPS) is 25.1. The van der Waals surface area contributed by atoms with Gasteiger partial charge in [0.15, 0.2) is 0 Å². The number of fused-ring (bicyclic) bond motifs is 1. The SMILES string of the molecule is CCOC(=O)[C@@]1(Cc2ccccc2)N[C@@H](c2ccco2)[C@H]2C(=O)N(c3ccc(C(=O)O)cc3)C(=O)[C@H]21. The van der Waals surface area contributed by atoms with Gasteiger partial charge in [0.05, 0.1) is 42.0 Å². The van der Waals surface area contributed by atoms with E-state index in [9.17, 15) is 24.3 Å². The minimum absolute atomic E-state index is 0.0260. The highest BCUT2D eigenvalue weighted by molar-refractivity contribution is 6.24. The van der Waals surface area contributed by atoms with Gasteiger partial charge in [-0.15, -0.1) is 0 Å². The van der Waals surface area contributed by atoms with Crippen molar-refractivity contribution in [1.82, 2.24) is 5.32 Å². The van der Waals surface area contributed by atoms with Gasteiger partial charge in [-0.3, -0.25) is 19.7 Å². The second-order valence-corrected chi connectivity index (χ2v) is 8.86. The van der Waals surface area contributed by atoms with Crippen molar-refractivity contribution in [2.24, 2.45) is 11.8 Å². The third-order valence-electron chi connectivity index (χ3n) is 6.84. The molecule has 36 heavy (non-hydrogen) atoms. The van der Waals surface area contributed by atoms with Crippen LogP contribution in [-0.2, 0) is 25.5 Å². The molecule has 2 fully saturated rings. The van der Waals surface area contributed by atoms with Gasteiger partial charge in [0.25, 0.3) is 0 Å². The lowest BCUT2D eigenvalue weighted by molar-refractivity contribution is -0.154. The molecule has 3 heterocycles. The van der Waals surface area contributed by atoms with E-state index in [1.165, 1.54) is 30.5 Å². The van der Waals surface area contributed by atoms with E-state index in [2.05, 4.69) is 5.32 Å². The summed E-state index contributed by atoms with van der Waals surface area (Å²) in [6.07, 6.45) is 1.59. The topological polar surface area (TPSA) is 126 Å². The predicted octanol–water partition coefficient (Wildman–Crippen LogP) is 2.97. The number of rotatable bonds is 7. The smallest absolute Gasteiger partial charge is 0.335 e. The molecule has 0 unspecified atom stereocenters. The van der Waals surface area contributed by atoms with Crippen LogP contribution in [0.3, 0.4) is 0 Å². The van der Waals surface area contributed by atoms with Crippen LogP contribution >= 0.6 is 0 Å². The molecule has 1 aromatic heterocycles. The summed E-state index contributed by atoms with van der Waals surface area (Å²) < 4.78 is 11.1. The van der Waals surface area contributed by atoms with Gasteiger partial charge < -0.3 is 14.3 Å². The van der Waals surface area contributed by atoms with Crippen LogP contribution in [0.1, 0.15) is 34.6 Å². The average Bonchev–Trinajstić information content (AvgIpc) is 3.58. The van der Waals surface area contributed by atoms with Gasteiger partial charge in [-0.1, -0.05) is 30.3 Å². The Hall–Kier alpha value is -4.24. The van der Waals surface area contributed by atoms with E-state index in [0.29, 0.717) is 5.76 Å². The van der Waals surface area contributed by atoms with Crippen molar-refractivity contribution >= 4 is 29.4 Å². The van der Waals surface area contributed by atoms with Crippen molar-refractivity contribution < 1.29 is 33.4 Å². The van der Waals surface area contributed by atoms with Crippen molar-refractivity contribution in [2.75, 3.05) is 11.5 Å². The molecule has 4 atom stereocenters. The number of imide groups is 1. The van der Waals surface area contributed by atoms with E-state index in [0.717, 1.165) is 10.5 Å². The number of carbonyl (C=O) groups excluding carboxylic acids is 3. The number of carboxylic acid groups (broad SMARTS) is 1. The molecule has 5 rings (SSSR count). The van der Waals surface area contributed by atoms with E-state index in [4.69, 9.17) is 9.15 Å². The number of amides is 2. The fraction of sp³-hybridized carbons (Fsp3) is 0.259. The first-order valence-electron chi connectivity index (χ1n) is 11.6. The molecular formula is C27H24N2O7. The van der Waals surface area contributed by atoms with Crippen LogP contribution in [0.25, 0.3) is 0 Å². The molecule has 2 aliphatic heterocycles. The first-order chi connectivity index (χ1) is 17.4. The molecule has 9 nitrogen and oxygen atoms in total. The fourth-order valence-electron chi connectivity index (χ4n) is 5.32. The summed E-state index contributed by atoms with van der Waals surface area (Å²) in [7, 11) is 0. The lowest BCUT2D eigenvalue weighted by Gasteiger charge is -2.33. The first-order valence-corrected chi connectivity index (χ1v) is 11.6. The van der Waals surface area contributed by atoms with E-state index in [-0.39, 0.29) is 24.3 Å². The highest BCUT2D eigenvalue weighted by atomic mass is 16.5. The van der Waals surface area contributed by atoms with Crippen LogP contribution in [0, 0.1) is 11.8 Å². The van der Waals surface area contributed by atoms with Crippen molar-refractivity contribution in [3.8, 4) is 0 Å². The molecule has 2 aliphatic rings. The molecule has 0 saturated carbocycles. The maximum absolute atomic E-state index is 14.0. The molecule has 184 valence electrons. The summed E-state index contributed by atoms with van der Waals surface area (Å²) >= 11 is 0. The largest absolute Gasteiger partial charge is 0.478 e. The molecule has 2 saturated heterocycles. The quantitative estimate of drug-likeness (QED) is 0.384. The fourth-order valence-corrected chi connectivity index (χ4v) is 5.32. The molecule has 0 spiro atoms. The number of nitrogens with one attached hydrogen (secondary N) is 1. The van der Waals surface area contributed by atoms with Crippen LogP contribution in [0.4, 0.5) is 5.69 Å². The Kier molecular flexibility index (Phi) is 5.93. The molecule has 2 aromatic carbocycles. The lowest BCUT2D eigenvalue weighted by Crippen LogP contribution is -2.58. The van der Waals surface area contributed by atoms with Gasteiger partial charge >= 0.3 is 11.9 Å². The zero-order valence-corrected chi connectivity index (χ0v) is 19.4. The number of carbonyl (C=O) groups is 4. The standard InChI is InChI=1S/C27H24N2O7/c1-2-35-26(34)27(15-16-7-4-3-5-8-16)21-20(22(28-27)19-9-6-14-36-19)23(30)29(24(21)31)18-12-10-17(11-13-18)25(32)33/h3-14,20-22,28H,2,15H2,1H3,(H,32,33)/t20-,21-,22-,27-/m0/s1. The van der Waals surface area contributed by atoms with Crippen molar-refractivity contribution in [1.29, 1.82) is 0 Å². The summed E-state index contributed by atoms with van der Waals surface area (Å²) in [6, 6.07) is 17.3. The number of hydrogen-bond acceptors (Lipinski definition) is 7. The van der Waals surface area contributed by atoms with Crippen molar-refractivity contribution in [3.05, 3.63) is 89.9 Å². The van der Waals surface area contributed by atoms with Crippen LogP contribution in [0.15, 0.2) is 77.4 Å². The molecule has 3 aromatic rings. The Morgan fingerprint density at radius 2 is 1.75 bits per heavy atom. The first kappa shape index (κ1) is 23.5. The van der Waals surface area contributed by atoms with Crippen LogP contribution in [0.2, 0.25) is 0 Å². The number of nitrogens with zero attached hydrogens (tertiary/aromatic N) is 1. The van der Waals surface area contributed by atoms with Crippen molar-refractivity contribution in [3.63, 3.8) is 0 Å². The lowest BCUT2D eigenvalue weighted by atomic mass is 9.76. The number of furan rings is 1. The monoisotopic (exact) mass is 488 g/mol. The highest BCUT2D eigenvalue weighted by Crippen LogP contribution is 2.51. The Morgan fingerprint density at radius 1 is 1.03 bits per heavy atom. The average molecular weight is 488 g/mol. The third-order valence-corrected chi connectivity index (χ3v) is 6.84. The maximum atomic E-state index is 14.0. The molecular weight excluding hydrogens is 464 g/mol. The minimum atomic E-state index is -1.53.